The first kappa shape index (κ1) is 25.6. The van der Waals surface area contributed by atoms with Gasteiger partial charge in [0.1, 0.15) is 18.1 Å². The molecule has 0 unspecified atom stereocenters. The molecule has 0 aromatic heterocycles. The van der Waals surface area contributed by atoms with Crippen molar-refractivity contribution >= 4 is 29.3 Å². The number of anilines is 1. The molecular weight excluding hydrogens is 492 g/mol. The summed E-state index contributed by atoms with van der Waals surface area (Å²) < 4.78 is 19.8. The highest BCUT2D eigenvalue weighted by Crippen LogP contribution is 2.35. The summed E-state index contributed by atoms with van der Waals surface area (Å²) in [5.74, 6) is 0.216. The molecule has 4 aromatic carbocycles. The zero-order chi connectivity index (χ0) is 26.2. The molecule has 9 heteroatoms. The third kappa shape index (κ3) is 6.80. The Morgan fingerprint density at radius 1 is 0.946 bits per heavy atom. The number of nitrogens with zero attached hydrogens (tertiary/aromatic N) is 1. The molecule has 0 aliphatic heterocycles. The molecule has 1 N–H and O–H groups in total. The average Bonchev–Trinajstić information content (AvgIpc) is 2.92. The molecule has 0 bridgehead atoms. The van der Waals surface area contributed by atoms with Gasteiger partial charge in [0.15, 0.2) is 0 Å². The summed E-state index contributed by atoms with van der Waals surface area (Å²) in [6.45, 7) is 2.18. The molecule has 0 aliphatic rings. The zero-order valence-electron chi connectivity index (χ0n) is 20.2. The van der Waals surface area contributed by atoms with Crippen molar-refractivity contribution in [2.45, 2.75) is 18.4 Å². The molecular formula is C28H24N2O6S. The fourth-order valence-corrected chi connectivity index (χ4v) is 4.05. The van der Waals surface area contributed by atoms with Gasteiger partial charge in [-0.05, 0) is 60.8 Å². The largest absolute Gasteiger partial charge is 0.482 e. The Bertz CT molecular complexity index is 1390. The second kappa shape index (κ2) is 12.0. The molecule has 0 spiro atoms. The van der Waals surface area contributed by atoms with Crippen LogP contribution >= 0.6 is 11.9 Å². The summed E-state index contributed by atoms with van der Waals surface area (Å²) in [5, 5.41) is 11.5. The van der Waals surface area contributed by atoms with Crippen LogP contribution in [0.3, 0.4) is 0 Å². The van der Waals surface area contributed by atoms with Crippen LogP contribution in [0.4, 0.5) is 11.4 Å². The lowest BCUT2D eigenvalue weighted by atomic mass is 10.1. The third-order valence-corrected chi connectivity index (χ3v) is 6.13. The molecule has 0 fully saturated rings. The fraction of sp³-hybridized carbons (Fsp3) is 0.107. The summed E-state index contributed by atoms with van der Waals surface area (Å²) in [5.41, 5.74) is 2.69. The third-order valence-electron chi connectivity index (χ3n) is 5.30. The number of ether oxygens (including phenoxy) is 3. The standard InChI is InChI=1S/C28H24N2O6S/c1-19-8-12-23(13-9-19)37-29-25-14-10-21(16-24(25)28(31)34-2)36-22-11-15-26(30(32)33)27(17-22)35-18-20-6-4-3-5-7-20/h3-17,29H,18H2,1-2H3. The van der Waals surface area contributed by atoms with Crippen molar-refractivity contribution in [3.05, 3.63) is 118 Å². The van der Waals surface area contributed by atoms with Crippen molar-refractivity contribution in [3.8, 4) is 17.2 Å². The van der Waals surface area contributed by atoms with E-state index in [0.29, 0.717) is 17.2 Å². The van der Waals surface area contributed by atoms with Gasteiger partial charge in [-0.25, -0.2) is 4.79 Å². The van der Waals surface area contributed by atoms with Gasteiger partial charge in [0.25, 0.3) is 0 Å². The quantitative estimate of drug-likeness (QED) is 0.102. The number of nitro groups is 1. The number of esters is 1. The number of nitrogens with one attached hydrogen (secondary N) is 1. The predicted octanol–water partition coefficient (Wildman–Crippen LogP) is 7.18. The molecule has 0 atom stereocenters. The van der Waals surface area contributed by atoms with Gasteiger partial charge in [-0.15, -0.1) is 0 Å². The Morgan fingerprint density at radius 3 is 2.35 bits per heavy atom. The van der Waals surface area contributed by atoms with Crippen molar-refractivity contribution in [2.75, 3.05) is 11.8 Å². The van der Waals surface area contributed by atoms with E-state index in [1.165, 1.54) is 37.3 Å². The van der Waals surface area contributed by atoms with Crippen LogP contribution in [0.1, 0.15) is 21.5 Å². The van der Waals surface area contributed by atoms with E-state index >= 15 is 0 Å². The van der Waals surface area contributed by atoms with Crippen molar-refractivity contribution < 1.29 is 23.9 Å². The fourth-order valence-electron chi connectivity index (χ4n) is 3.37. The van der Waals surface area contributed by atoms with Crippen LogP contribution in [0.25, 0.3) is 0 Å². The van der Waals surface area contributed by atoms with Gasteiger partial charge in [0.05, 0.1) is 23.3 Å². The van der Waals surface area contributed by atoms with Gasteiger partial charge in [-0.1, -0.05) is 48.0 Å². The molecule has 0 radical (unpaired) electrons. The van der Waals surface area contributed by atoms with Crippen LogP contribution in [0.5, 0.6) is 17.2 Å². The monoisotopic (exact) mass is 516 g/mol. The highest BCUT2D eigenvalue weighted by atomic mass is 32.2. The summed E-state index contributed by atoms with van der Waals surface area (Å²) >= 11 is 1.37. The maximum Gasteiger partial charge on any atom is 0.340 e. The summed E-state index contributed by atoms with van der Waals surface area (Å²) in [6, 6.07) is 26.5. The van der Waals surface area contributed by atoms with Crippen LogP contribution in [0, 0.1) is 17.0 Å². The van der Waals surface area contributed by atoms with Gasteiger partial charge < -0.3 is 18.9 Å². The van der Waals surface area contributed by atoms with Gasteiger partial charge in [0, 0.05) is 17.0 Å². The zero-order valence-corrected chi connectivity index (χ0v) is 21.0. The van der Waals surface area contributed by atoms with Crippen molar-refractivity contribution in [2.24, 2.45) is 0 Å². The minimum Gasteiger partial charge on any atom is -0.482 e. The number of rotatable bonds is 10. The lowest BCUT2D eigenvalue weighted by molar-refractivity contribution is -0.386. The first-order chi connectivity index (χ1) is 17.9. The molecule has 0 saturated heterocycles. The highest BCUT2D eigenvalue weighted by molar-refractivity contribution is 8.00. The second-order valence-electron chi connectivity index (χ2n) is 7.98. The molecule has 37 heavy (non-hydrogen) atoms. The number of methoxy groups -OCH3 is 1. The van der Waals surface area contributed by atoms with Gasteiger partial charge in [0.2, 0.25) is 5.75 Å². The predicted molar refractivity (Wildman–Crippen MR) is 142 cm³/mol. The Morgan fingerprint density at radius 2 is 1.65 bits per heavy atom. The van der Waals surface area contributed by atoms with E-state index in [0.717, 1.165) is 16.0 Å². The highest BCUT2D eigenvalue weighted by Gasteiger charge is 2.18. The van der Waals surface area contributed by atoms with E-state index in [-0.39, 0.29) is 23.6 Å². The normalized spacial score (nSPS) is 10.4. The van der Waals surface area contributed by atoms with E-state index in [4.69, 9.17) is 14.2 Å². The Kier molecular flexibility index (Phi) is 8.27. The molecule has 0 saturated carbocycles. The summed E-state index contributed by atoms with van der Waals surface area (Å²) in [4.78, 5) is 24.4. The number of aryl methyl sites for hydroxylation is 1. The van der Waals surface area contributed by atoms with Crippen LogP contribution < -0.4 is 14.2 Å². The van der Waals surface area contributed by atoms with E-state index in [2.05, 4.69) is 4.72 Å². The van der Waals surface area contributed by atoms with Crippen molar-refractivity contribution in [1.82, 2.24) is 0 Å². The second-order valence-corrected chi connectivity index (χ2v) is 8.86. The first-order valence-corrected chi connectivity index (χ1v) is 12.1. The molecule has 0 aliphatic carbocycles. The van der Waals surface area contributed by atoms with E-state index in [1.54, 1.807) is 18.2 Å². The number of carbonyl (C=O) groups is 1. The lowest BCUT2D eigenvalue weighted by Crippen LogP contribution is -2.05. The molecule has 4 rings (SSSR count). The smallest absolute Gasteiger partial charge is 0.340 e. The van der Waals surface area contributed by atoms with E-state index in [1.807, 2.05) is 61.5 Å². The Hall–Kier alpha value is -4.50. The maximum atomic E-state index is 12.5. The Balaban J connectivity index is 1.54. The SMILES string of the molecule is COC(=O)c1cc(Oc2ccc([N+](=O)[O-])c(OCc3ccccc3)c2)ccc1NSc1ccc(C)cc1. The van der Waals surface area contributed by atoms with Crippen molar-refractivity contribution in [1.29, 1.82) is 0 Å². The van der Waals surface area contributed by atoms with Gasteiger partial charge in [-0.2, -0.15) is 0 Å². The summed E-state index contributed by atoms with van der Waals surface area (Å²) in [6.07, 6.45) is 0. The summed E-state index contributed by atoms with van der Waals surface area (Å²) in [7, 11) is 1.30. The van der Waals surface area contributed by atoms with Crippen LogP contribution in [-0.2, 0) is 11.3 Å². The average molecular weight is 517 g/mol. The molecule has 0 amide bonds. The molecule has 8 nitrogen and oxygen atoms in total. The molecule has 188 valence electrons. The Labute approximate surface area is 218 Å². The molecule has 4 aromatic rings. The van der Waals surface area contributed by atoms with Crippen LogP contribution in [0.15, 0.2) is 95.9 Å². The first-order valence-electron chi connectivity index (χ1n) is 11.3. The van der Waals surface area contributed by atoms with Gasteiger partial charge >= 0.3 is 11.7 Å². The van der Waals surface area contributed by atoms with Crippen LogP contribution in [0.2, 0.25) is 0 Å². The number of nitro benzene ring substituents is 1. The van der Waals surface area contributed by atoms with Crippen molar-refractivity contribution in [3.63, 3.8) is 0 Å². The number of hydrogen-bond acceptors (Lipinski definition) is 8. The minimum atomic E-state index is -0.534. The van der Waals surface area contributed by atoms with Crippen LogP contribution in [-0.4, -0.2) is 18.0 Å². The lowest BCUT2D eigenvalue weighted by Gasteiger charge is -2.13. The van der Waals surface area contributed by atoms with E-state index < -0.39 is 10.9 Å². The van der Waals surface area contributed by atoms with Gasteiger partial charge in [-0.3, -0.25) is 10.1 Å². The topological polar surface area (TPSA) is 99.9 Å². The number of hydrogen-bond donors (Lipinski definition) is 1. The number of benzene rings is 4. The minimum absolute atomic E-state index is 0.0762. The molecule has 0 heterocycles. The maximum absolute atomic E-state index is 12.5. The number of carbonyl (C=O) groups excluding carboxylic acids is 1. The van der Waals surface area contributed by atoms with E-state index in [9.17, 15) is 14.9 Å².